The summed E-state index contributed by atoms with van der Waals surface area (Å²) in [5, 5.41) is 4.66. The van der Waals surface area contributed by atoms with Gasteiger partial charge in [-0.15, -0.1) is 11.3 Å². The highest BCUT2D eigenvalue weighted by Crippen LogP contribution is 2.36. The predicted octanol–water partition coefficient (Wildman–Crippen LogP) is 1.88. The molecule has 19 heavy (non-hydrogen) atoms. The average molecular weight is 280 g/mol. The molecule has 1 atom stereocenters. The summed E-state index contributed by atoms with van der Waals surface area (Å²) in [7, 11) is 2.05. The van der Waals surface area contributed by atoms with Crippen LogP contribution in [-0.2, 0) is 6.42 Å². The van der Waals surface area contributed by atoms with Crippen molar-refractivity contribution >= 4 is 16.5 Å². The zero-order valence-corrected chi connectivity index (χ0v) is 12.8. The molecule has 2 heterocycles. The number of piperazine rings is 1. The molecule has 0 bridgehead atoms. The molecule has 1 fully saturated rings. The van der Waals surface area contributed by atoms with Crippen LogP contribution >= 0.6 is 11.3 Å². The van der Waals surface area contributed by atoms with E-state index in [9.17, 15) is 0 Å². The fourth-order valence-corrected chi connectivity index (χ4v) is 4.29. The fraction of sp³-hybridized carbons (Fsp3) is 0.786. The molecule has 1 aromatic rings. The molecule has 1 unspecified atom stereocenters. The average Bonchev–Trinajstić information content (AvgIpc) is 2.91. The number of thiazole rings is 1. The normalized spacial score (nSPS) is 24.5. The monoisotopic (exact) mass is 280 g/mol. The maximum atomic E-state index is 4.94. The summed E-state index contributed by atoms with van der Waals surface area (Å²) in [5.74, 6) is 0. The van der Waals surface area contributed by atoms with Crippen LogP contribution in [0.15, 0.2) is 0 Å². The van der Waals surface area contributed by atoms with Crippen molar-refractivity contribution in [1.82, 2.24) is 15.2 Å². The molecule has 5 heteroatoms. The van der Waals surface area contributed by atoms with Gasteiger partial charge in [-0.25, -0.2) is 4.98 Å². The van der Waals surface area contributed by atoms with E-state index in [1.807, 2.05) is 11.3 Å². The SMILES string of the molecule is CCN1CCN(c2nc3c(s2)CCCC3NC)CC1. The predicted molar refractivity (Wildman–Crippen MR) is 81.2 cm³/mol. The zero-order valence-electron chi connectivity index (χ0n) is 12.0. The van der Waals surface area contributed by atoms with Crippen LogP contribution in [0.4, 0.5) is 5.13 Å². The third kappa shape index (κ3) is 2.64. The molecule has 4 nitrogen and oxygen atoms in total. The Morgan fingerprint density at radius 1 is 1.32 bits per heavy atom. The Labute approximate surface area is 119 Å². The summed E-state index contributed by atoms with van der Waals surface area (Å²) in [6, 6.07) is 0.477. The van der Waals surface area contributed by atoms with E-state index in [1.54, 1.807) is 0 Å². The van der Waals surface area contributed by atoms with Gasteiger partial charge in [-0.1, -0.05) is 6.92 Å². The van der Waals surface area contributed by atoms with Crippen molar-refractivity contribution in [2.24, 2.45) is 0 Å². The Morgan fingerprint density at radius 3 is 2.79 bits per heavy atom. The molecule has 1 aromatic heterocycles. The van der Waals surface area contributed by atoms with Gasteiger partial charge in [0.25, 0.3) is 0 Å². The molecule has 3 rings (SSSR count). The summed E-state index contributed by atoms with van der Waals surface area (Å²) >= 11 is 1.93. The van der Waals surface area contributed by atoms with Crippen LogP contribution in [0.1, 0.15) is 36.4 Å². The molecular weight excluding hydrogens is 256 g/mol. The number of aryl methyl sites for hydroxylation is 1. The van der Waals surface area contributed by atoms with Crippen molar-refractivity contribution in [3.63, 3.8) is 0 Å². The van der Waals surface area contributed by atoms with Crippen LogP contribution in [0.5, 0.6) is 0 Å². The molecule has 0 radical (unpaired) electrons. The molecular formula is C14H24N4S. The number of fused-ring (bicyclic) bond motifs is 1. The smallest absolute Gasteiger partial charge is 0.185 e. The third-order valence-corrected chi connectivity index (χ3v) is 5.57. The van der Waals surface area contributed by atoms with Gasteiger partial charge < -0.3 is 15.1 Å². The number of anilines is 1. The molecule has 1 aliphatic carbocycles. The molecule has 1 saturated heterocycles. The second-order valence-corrected chi connectivity index (χ2v) is 6.52. The Hall–Kier alpha value is -0.650. The number of nitrogens with one attached hydrogen (secondary N) is 1. The van der Waals surface area contributed by atoms with Crippen molar-refractivity contribution in [1.29, 1.82) is 0 Å². The maximum Gasteiger partial charge on any atom is 0.185 e. The lowest BCUT2D eigenvalue weighted by atomic mass is 9.98. The van der Waals surface area contributed by atoms with Crippen LogP contribution in [0.25, 0.3) is 0 Å². The first-order valence-corrected chi connectivity index (χ1v) is 8.27. The largest absolute Gasteiger partial charge is 0.346 e. The second-order valence-electron chi connectivity index (χ2n) is 5.46. The highest BCUT2D eigenvalue weighted by Gasteiger charge is 2.26. The summed E-state index contributed by atoms with van der Waals surface area (Å²) in [5.41, 5.74) is 1.33. The molecule has 1 aliphatic heterocycles. The zero-order chi connectivity index (χ0) is 13.2. The Bertz CT molecular complexity index is 423. The number of rotatable bonds is 3. The molecule has 0 aromatic carbocycles. The van der Waals surface area contributed by atoms with Crippen molar-refractivity contribution in [3.05, 3.63) is 10.6 Å². The number of nitrogens with zero attached hydrogens (tertiary/aromatic N) is 3. The minimum atomic E-state index is 0.477. The van der Waals surface area contributed by atoms with Crippen LogP contribution in [0, 0.1) is 0 Å². The topological polar surface area (TPSA) is 31.4 Å². The third-order valence-electron chi connectivity index (χ3n) is 4.38. The van der Waals surface area contributed by atoms with Crippen LogP contribution in [-0.4, -0.2) is 49.7 Å². The first-order chi connectivity index (χ1) is 9.31. The van der Waals surface area contributed by atoms with Crippen LogP contribution in [0.2, 0.25) is 0 Å². The Morgan fingerprint density at radius 2 is 2.11 bits per heavy atom. The number of likely N-dealkylation sites (N-methyl/N-ethyl adjacent to an activating group) is 1. The van der Waals surface area contributed by atoms with E-state index in [0.717, 1.165) is 13.1 Å². The molecule has 0 amide bonds. The van der Waals surface area contributed by atoms with Gasteiger partial charge in [-0.2, -0.15) is 0 Å². The van der Waals surface area contributed by atoms with Gasteiger partial charge >= 0.3 is 0 Å². The van der Waals surface area contributed by atoms with E-state index < -0.39 is 0 Å². The molecule has 106 valence electrons. The van der Waals surface area contributed by atoms with Crippen LogP contribution < -0.4 is 10.2 Å². The fourth-order valence-electron chi connectivity index (χ4n) is 3.08. The Kier molecular flexibility index (Phi) is 4.05. The molecule has 1 N–H and O–H groups in total. The lowest BCUT2D eigenvalue weighted by Crippen LogP contribution is -2.46. The van der Waals surface area contributed by atoms with Crippen molar-refractivity contribution < 1.29 is 0 Å². The van der Waals surface area contributed by atoms with E-state index in [0.29, 0.717) is 6.04 Å². The first-order valence-electron chi connectivity index (χ1n) is 7.46. The lowest BCUT2D eigenvalue weighted by Gasteiger charge is -2.33. The van der Waals surface area contributed by atoms with Gasteiger partial charge in [-0.3, -0.25) is 0 Å². The summed E-state index contributed by atoms with van der Waals surface area (Å²) in [4.78, 5) is 11.4. The van der Waals surface area contributed by atoms with E-state index >= 15 is 0 Å². The van der Waals surface area contributed by atoms with Gasteiger partial charge in [0.1, 0.15) is 0 Å². The molecule has 2 aliphatic rings. The maximum absolute atomic E-state index is 4.94. The number of hydrogen-bond acceptors (Lipinski definition) is 5. The Balaban J connectivity index is 1.74. The van der Waals surface area contributed by atoms with Crippen molar-refractivity contribution in [2.45, 2.75) is 32.2 Å². The van der Waals surface area contributed by atoms with E-state index in [-0.39, 0.29) is 0 Å². The van der Waals surface area contributed by atoms with Gasteiger partial charge in [0.05, 0.1) is 11.7 Å². The minimum absolute atomic E-state index is 0.477. The van der Waals surface area contributed by atoms with Gasteiger partial charge in [0, 0.05) is 31.1 Å². The molecule has 0 saturated carbocycles. The minimum Gasteiger partial charge on any atom is -0.346 e. The van der Waals surface area contributed by atoms with Gasteiger partial charge in [0.15, 0.2) is 5.13 Å². The quantitative estimate of drug-likeness (QED) is 0.916. The summed E-state index contributed by atoms with van der Waals surface area (Å²) in [6.07, 6.45) is 3.75. The number of aromatic nitrogens is 1. The van der Waals surface area contributed by atoms with Gasteiger partial charge in [-0.05, 0) is 32.9 Å². The second kappa shape index (κ2) is 5.77. The highest BCUT2D eigenvalue weighted by molar-refractivity contribution is 7.15. The van der Waals surface area contributed by atoms with Gasteiger partial charge in [0.2, 0.25) is 0 Å². The van der Waals surface area contributed by atoms with Crippen molar-refractivity contribution in [3.8, 4) is 0 Å². The van der Waals surface area contributed by atoms with Crippen LogP contribution in [0.3, 0.4) is 0 Å². The highest BCUT2D eigenvalue weighted by atomic mass is 32.1. The standard InChI is InChI=1S/C14H24N4S/c1-3-17-7-9-18(10-8-17)14-16-13-11(15-2)5-4-6-12(13)19-14/h11,15H,3-10H2,1-2H3. The lowest BCUT2D eigenvalue weighted by molar-refractivity contribution is 0.271. The summed E-state index contributed by atoms with van der Waals surface area (Å²) in [6.45, 7) is 8.03. The number of hydrogen-bond donors (Lipinski definition) is 1. The van der Waals surface area contributed by atoms with Crippen molar-refractivity contribution in [2.75, 3.05) is 44.7 Å². The first kappa shape index (κ1) is 13.3. The van der Waals surface area contributed by atoms with E-state index in [1.165, 1.54) is 54.6 Å². The van der Waals surface area contributed by atoms with E-state index in [2.05, 4.69) is 29.1 Å². The van der Waals surface area contributed by atoms with E-state index in [4.69, 9.17) is 4.98 Å². The summed E-state index contributed by atoms with van der Waals surface area (Å²) < 4.78 is 0. The molecule has 0 spiro atoms.